The lowest BCUT2D eigenvalue weighted by atomic mass is 10.4. The summed E-state index contributed by atoms with van der Waals surface area (Å²) in [6, 6.07) is 37.7. The van der Waals surface area contributed by atoms with Gasteiger partial charge in [-0.1, -0.05) is 121 Å². The Morgan fingerprint density at radius 3 is 1.10 bits per heavy atom. The molecule has 30 heavy (non-hydrogen) atoms. The van der Waals surface area contributed by atoms with E-state index < -0.39 is 25.0 Å². The van der Waals surface area contributed by atoms with Gasteiger partial charge in [-0.05, 0) is 10.6 Å². The van der Waals surface area contributed by atoms with Crippen molar-refractivity contribution in [1.29, 1.82) is 0 Å². The molecule has 0 bridgehead atoms. The zero-order valence-corrected chi connectivity index (χ0v) is 18.7. The fourth-order valence-electron chi connectivity index (χ4n) is 3.02. The minimum atomic E-state index is -3.93. The van der Waals surface area contributed by atoms with Crippen LogP contribution in [0, 0.1) is 0 Å². The van der Waals surface area contributed by atoms with Gasteiger partial charge in [-0.15, -0.1) is 0 Å². The van der Waals surface area contributed by atoms with Gasteiger partial charge >= 0.3 is 0 Å². The summed E-state index contributed by atoms with van der Waals surface area (Å²) >= 11 is 0. The van der Waals surface area contributed by atoms with Crippen LogP contribution in [0.3, 0.4) is 0 Å². The van der Waals surface area contributed by atoms with Crippen molar-refractivity contribution in [2.45, 2.75) is 0 Å². The monoisotopic (exact) mass is 450 g/mol. The van der Waals surface area contributed by atoms with Gasteiger partial charge in [0.15, 0.2) is 0 Å². The lowest BCUT2D eigenvalue weighted by Gasteiger charge is -2.23. The number of hydrogen-bond acceptors (Lipinski definition) is 3. The van der Waals surface area contributed by atoms with Gasteiger partial charge in [0, 0.05) is 10.6 Å². The van der Waals surface area contributed by atoms with E-state index in [-0.39, 0.29) is 0 Å². The van der Waals surface area contributed by atoms with Crippen molar-refractivity contribution in [2.75, 3.05) is 0 Å². The third-order valence-corrected chi connectivity index (χ3v) is 12.4. The summed E-state index contributed by atoms with van der Waals surface area (Å²) in [6.07, 6.45) is 0. The Balaban J connectivity index is 1.79. The van der Waals surface area contributed by atoms with E-state index in [0.29, 0.717) is 0 Å². The molecule has 4 rings (SSSR count). The molecular formula is C24H20O3P2S. The minimum Gasteiger partial charge on any atom is -0.235 e. The topological polar surface area (TPSA) is 43.4 Å². The molecule has 0 amide bonds. The summed E-state index contributed by atoms with van der Waals surface area (Å²) in [5, 5.41) is 3.21. The predicted octanol–water partition coefficient (Wildman–Crippen LogP) is 4.43. The normalized spacial score (nSPS) is 11.7. The van der Waals surface area contributed by atoms with Crippen LogP contribution in [0.2, 0.25) is 0 Å². The summed E-state index contributed by atoms with van der Waals surface area (Å²) < 4.78 is 33.5. The van der Waals surface area contributed by atoms with E-state index in [0.717, 1.165) is 21.2 Å². The van der Waals surface area contributed by atoms with E-state index in [1.54, 1.807) is 0 Å². The maximum absolute atomic E-state index is 13.7. The van der Waals surface area contributed by atoms with Crippen molar-refractivity contribution >= 4 is 46.2 Å². The summed E-state index contributed by atoms with van der Waals surface area (Å²) in [6.45, 7) is 0. The maximum atomic E-state index is 13.7. The van der Waals surface area contributed by atoms with Crippen LogP contribution in [0.15, 0.2) is 121 Å². The molecule has 0 spiro atoms. The van der Waals surface area contributed by atoms with Crippen LogP contribution in [0.25, 0.3) is 0 Å². The Morgan fingerprint density at radius 2 is 0.767 bits per heavy atom. The third-order valence-electron chi connectivity index (χ3n) is 4.36. The Hall–Kier alpha value is -2.35. The van der Waals surface area contributed by atoms with Gasteiger partial charge < -0.3 is 0 Å². The van der Waals surface area contributed by atoms with Crippen LogP contribution in [0.4, 0.5) is 0 Å². The Morgan fingerprint density at radius 1 is 0.467 bits per heavy atom. The van der Waals surface area contributed by atoms with Crippen molar-refractivity contribution in [3.05, 3.63) is 121 Å². The van der Waals surface area contributed by atoms with Gasteiger partial charge in [-0.3, -0.25) is 0 Å². The molecule has 0 radical (unpaired) electrons. The first-order valence-electron chi connectivity index (χ1n) is 9.40. The molecule has 0 aliphatic heterocycles. The van der Waals surface area contributed by atoms with Gasteiger partial charge in [-0.25, -0.2) is 3.97 Å². The van der Waals surface area contributed by atoms with E-state index in [1.807, 2.05) is 121 Å². The van der Waals surface area contributed by atoms with Gasteiger partial charge in [0.2, 0.25) is 0 Å². The summed E-state index contributed by atoms with van der Waals surface area (Å²) in [7, 11) is -7.20. The average Bonchev–Trinajstić information content (AvgIpc) is 2.80. The fourth-order valence-corrected chi connectivity index (χ4v) is 11.1. The molecule has 0 N–H and O–H groups in total. The molecule has 0 saturated heterocycles. The van der Waals surface area contributed by atoms with Crippen LogP contribution in [-0.2, 0) is 13.7 Å². The summed E-state index contributed by atoms with van der Waals surface area (Å²) in [5.74, 6) is 0. The van der Waals surface area contributed by atoms with E-state index in [9.17, 15) is 8.42 Å². The molecule has 0 heterocycles. The standard InChI is InChI=1S/C24H20O3P2S/c25-30(26,29(23-17-9-3-10-18-23)24-19-11-4-12-20-24)27-28(21-13-5-1-6-14-21)22-15-7-2-8-16-22/h1-20H. The minimum absolute atomic E-state index is 0.745. The van der Waals surface area contributed by atoms with E-state index in [1.165, 1.54) is 0 Å². The molecule has 0 fully saturated rings. The van der Waals surface area contributed by atoms with Crippen LogP contribution >= 0.6 is 15.3 Å². The highest BCUT2D eigenvalue weighted by Gasteiger charge is 2.34. The first-order valence-corrected chi connectivity index (χ1v) is 14.0. The van der Waals surface area contributed by atoms with Crippen molar-refractivity contribution in [2.24, 2.45) is 0 Å². The molecule has 4 aromatic rings. The van der Waals surface area contributed by atoms with Crippen LogP contribution in [-0.4, -0.2) is 8.42 Å². The van der Waals surface area contributed by atoms with Gasteiger partial charge in [0.25, 0.3) is 9.74 Å². The molecule has 3 nitrogen and oxygen atoms in total. The molecule has 0 unspecified atom stereocenters. The van der Waals surface area contributed by atoms with Crippen molar-refractivity contribution in [3.63, 3.8) is 0 Å². The van der Waals surface area contributed by atoms with Gasteiger partial charge in [0.05, 0.1) is 0 Å². The van der Waals surface area contributed by atoms with Gasteiger partial charge in [-0.2, -0.15) is 8.42 Å². The molecule has 0 aliphatic carbocycles. The van der Waals surface area contributed by atoms with E-state index >= 15 is 0 Å². The van der Waals surface area contributed by atoms with Crippen molar-refractivity contribution in [3.8, 4) is 0 Å². The van der Waals surface area contributed by atoms with Crippen molar-refractivity contribution < 1.29 is 12.4 Å². The largest absolute Gasteiger partial charge is 0.295 e. The highest BCUT2D eigenvalue weighted by Crippen LogP contribution is 2.49. The summed E-state index contributed by atoms with van der Waals surface area (Å²) in [4.78, 5) is 0. The van der Waals surface area contributed by atoms with E-state index in [2.05, 4.69) is 0 Å². The smallest absolute Gasteiger partial charge is 0.235 e. The second kappa shape index (κ2) is 9.64. The predicted molar refractivity (Wildman–Crippen MR) is 128 cm³/mol. The SMILES string of the molecule is O=S(=O)(OP(c1ccccc1)c1ccccc1)P(c1ccccc1)c1ccccc1. The zero-order chi connectivity index (χ0) is 20.8. The first kappa shape index (κ1) is 20.9. The second-order valence-electron chi connectivity index (χ2n) is 6.43. The Bertz CT molecular complexity index is 1090. The fraction of sp³-hybridized carbons (Fsp3) is 0. The lowest BCUT2D eigenvalue weighted by molar-refractivity contribution is 0.531. The Kier molecular flexibility index (Phi) is 6.72. The number of rotatable bonds is 7. The average molecular weight is 450 g/mol. The molecule has 4 aromatic carbocycles. The molecular weight excluding hydrogens is 430 g/mol. The second-order valence-corrected chi connectivity index (χ2v) is 13.6. The van der Waals surface area contributed by atoms with Crippen LogP contribution < -0.4 is 21.2 Å². The number of hydrogen-bond donors (Lipinski definition) is 0. The van der Waals surface area contributed by atoms with E-state index in [4.69, 9.17) is 3.97 Å². The molecule has 0 atom stereocenters. The molecule has 0 saturated carbocycles. The quantitative estimate of drug-likeness (QED) is 0.392. The maximum Gasteiger partial charge on any atom is 0.295 e. The highest BCUT2D eigenvalue weighted by atomic mass is 32.8. The summed E-state index contributed by atoms with van der Waals surface area (Å²) in [5.41, 5.74) is 0. The van der Waals surface area contributed by atoms with Crippen LogP contribution in [0.1, 0.15) is 0 Å². The van der Waals surface area contributed by atoms with Crippen molar-refractivity contribution in [1.82, 2.24) is 0 Å². The molecule has 6 heteroatoms. The lowest BCUT2D eigenvalue weighted by Crippen LogP contribution is -2.22. The number of benzene rings is 4. The zero-order valence-electron chi connectivity index (χ0n) is 16.1. The first-order chi connectivity index (χ1) is 14.6. The Labute approximate surface area is 179 Å². The van der Waals surface area contributed by atoms with Gasteiger partial charge in [0.1, 0.15) is 15.3 Å². The molecule has 0 aromatic heterocycles. The highest BCUT2D eigenvalue weighted by molar-refractivity contribution is 8.53. The molecule has 0 aliphatic rings. The van der Waals surface area contributed by atoms with Crippen LogP contribution in [0.5, 0.6) is 0 Å². The third kappa shape index (κ3) is 4.86. The molecule has 150 valence electrons.